The second-order valence-electron chi connectivity index (χ2n) is 7.41. The zero-order valence-electron chi connectivity index (χ0n) is 16.7. The molecule has 4 aromatic rings. The van der Waals surface area contributed by atoms with Crippen molar-refractivity contribution in [3.63, 3.8) is 0 Å². The molecule has 7 heteroatoms. The monoisotopic (exact) mass is 433 g/mol. The van der Waals surface area contributed by atoms with Crippen molar-refractivity contribution in [1.29, 1.82) is 0 Å². The second-order valence-corrected chi connectivity index (χ2v) is 9.41. The molecule has 0 aliphatic carbocycles. The van der Waals surface area contributed by atoms with Gasteiger partial charge in [0.1, 0.15) is 0 Å². The summed E-state index contributed by atoms with van der Waals surface area (Å²) in [7, 11) is 0. The molecule has 1 amide bonds. The molecule has 0 bridgehead atoms. The highest BCUT2D eigenvalue weighted by Crippen LogP contribution is 2.43. The molecule has 0 saturated carbocycles. The first kappa shape index (κ1) is 19.1. The quantitative estimate of drug-likeness (QED) is 0.380. The molecule has 3 heterocycles. The van der Waals surface area contributed by atoms with E-state index >= 15 is 0 Å². The maximum Gasteiger partial charge on any atom is 0.268 e. The summed E-state index contributed by atoms with van der Waals surface area (Å²) in [6, 6.07) is 15.8. The van der Waals surface area contributed by atoms with E-state index in [2.05, 4.69) is 10.1 Å². The van der Waals surface area contributed by atoms with Gasteiger partial charge in [-0.3, -0.25) is 4.79 Å². The van der Waals surface area contributed by atoms with Crippen molar-refractivity contribution >= 4 is 34.7 Å². The molecule has 0 radical (unpaired) electrons. The van der Waals surface area contributed by atoms with Crippen molar-refractivity contribution in [3.05, 3.63) is 65.0 Å². The summed E-state index contributed by atoms with van der Waals surface area (Å²) in [6.07, 6.45) is 0. The maximum atomic E-state index is 13.2. The van der Waals surface area contributed by atoms with Crippen LogP contribution in [0.1, 0.15) is 29.8 Å². The van der Waals surface area contributed by atoms with Crippen LogP contribution >= 0.6 is 23.1 Å². The molecule has 0 unspecified atom stereocenters. The van der Waals surface area contributed by atoms with Gasteiger partial charge in [-0.25, -0.2) is 0 Å². The van der Waals surface area contributed by atoms with Crippen LogP contribution < -0.4 is 4.90 Å². The Kier molecular flexibility index (Phi) is 4.72. The lowest BCUT2D eigenvalue weighted by Crippen LogP contribution is -2.36. The van der Waals surface area contributed by atoms with Gasteiger partial charge in [-0.05, 0) is 68.1 Å². The molecular weight excluding hydrogens is 414 g/mol. The highest BCUT2D eigenvalue weighted by molar-refractivity contribution is 7.99. The van der Waals surface area contributed by atoms with Crippen molar-refractivity contribution in [2.45, 2.75) is 36.6 Å². The van der Waals surface area contributed by atoms with E-state index in [1.165, 1.54) is 0 Å². The van der Waals surface area contributed by atoms with E-state index in [4.69, 9.17) is 4.52 Å². The molecule has 2 aromatic heterocycles. The van der Waals surface area contributed by atoms with Crippen molar-refractivity contribution in [2.24, 2.45) is 0 Å². The summed E-state index contributed by atoms with van der Waals surface area (Å²) in [5, 5.41) is 6.22. The molecule has 0 atom stereocenters. The van der Waals surface area contributed by atoms with E-state index < -0.39 is 0 Å². The SMILES string of the molecule is Cc1ccsc1-c1nc(-c2ccc3c(c2)Sc2ccccc2C(=O)N3C(C)C)no1. The predicted octanol–water partition coefficient (Wildman–Crippen LogP) is 6.29. The van der Waals surface area contributed by atoms with E-state index in [9.17, 15) is 4.79 Å². The van der Waals surface area contributed by atoms with Crippen LogP contribution in [0.3, 0.4) is 0 Å². The summed E-state index contributed by atoms with van der Waals surface area (Å²) < 4.78 is 5.52. The van der Waals surface area contributed by atoms with Gasteiger partial charge in [0.25, 0.3) is 11.8 Å². The van der Waals surface area contributed by atoms with Gasteiger partial charge in [-0.1, -0.05) is 29.1 Å². The fraction of sp³-hybridized carbons (Fsp3) is 0.174. The van der Waals surface area contributed by atoms with Gasteiger partial charge < -0.3 is 9.42 Å². The summed E-state index contributed by atoms with van der Waals surface area (Å²) in [5.41, 5.74) is 3.61. The second kappa shape index (κ2) is 7.41. The summed E-state index contributed by atoms with van der Waals surface area (Å²) >= 11 is 3.19. The lowest BCUT2D eigenvalue weighted by Gasteiger charge is -2.27. The molecule has 150 valence electrons. The fourth-order valence-corrected chi connectivity index (χ4v) is 5.51. The zero-order chi connectivity index (χ0) is 20.8. The third kappa shape index (κ3) is 3.14. The van der Waals surface area contributed by atoms with Crippen LogP contribution in [0.4, 0.5) is 5.69 Å². The number of aryl methyl sites for hydroxylation is 1. The van der Waals surface area contributed by atoms with E-state index in [0.29, 0.717) is 11.7 Å². The van der Waals surface area contributed by atoms with Crippen LogP contribution in [0.15, 0.2) is 68.2 Å². The van der Waals surface area contributed by atoms with Gasteiger partial charge in [0, 0.05) is 21.4 Å². The van der Waals surface area contributed by atoms with Crippen LogP contribution in [0.5, 0.6) is 0 Å². The van der Waals surface area contributed by atoms with Crippen LogP contribution in [-0.2, 0) is 0 Å². The Morgan fingerprint density at radius 2 is 1.90 bits per heavy atom. The summed E-state index contributed by atoms with van der Waals surface area (Å²) in [6.45, 7) is 6.09. The minimum atomic E-state index is 0.0228. The number of thiophene rings is 1. The third-order valence-corrected chi connectivity index (χ3v) is 7.16. The third-order valence-electron chi connectivity index (χ3n) is 5.03. The number of hydrogen-bond acceptors (Lipinski definition) is 6. The lowest BCUT2D eigenvalue weighted by atomic mass is 10.1. The standard InChI is InChI=1S/C23H19N3O2S2/c1-13(2)26-17-9-8-15(21-24-22(28-25-21)20-14(3)10-11-29-20)12-19(17)30-18-7-5-4-6-16(18)23(26)27/h4-13H,1-3H3. The lowest BCUT2D eigenvalue weighted by molar-refractivity contribution is 0.0977. The van der Waals surface area contributed by atoms with E-state index in [-0.39, 0.29) is 11.9 Å². The molecule has 0 fully saturated rings. The molecule has 2 aromatic carbocycles. The van der Waals surface area contributed by atoms with Crippen LogP contribution in [0.2, 0.25) is 0 Å². The van der Waals surface area contributed by atoms with Crippen LogP contribution in [0, 0.1) is 6.92 Å². The van der Waals surface area contributed by atoms with Gasteiger partial charge in [0.15, 0.2) is 0 Å². The molecule has 1 aliphatic rings. The molecule has 0 saturated heterocycles. The molecule has 30 heavy (non-hydrogen) atoms. The molecule has 5 rings (SSSR count). The average Bonchev–Trinajstić information content (AvgIpc) is 3.35. The largest absolute Gasteiger partial charge is 0.333 e. The Bertz CT molecular complexity index is 1260. The highest BCUT2D eigenvalue weighted by Gasteiger charge is 2.29. The molecular formula is C23H19N3O2S2. The zero-order valence-corrected chi connectivity index (χ0v) is 18.4. The number of nitrogens with zero attached hydrogens (tertiary/aromatic N) is 3. The van der Waals surface area contributed by atoms with Gasteiger partial charge in [-0.15, -0.1) is 11.3 Å². The number of benzene rings is 2. The molecule has 5 nitrogen and oxygen atoms in total. The Morgan fingerprint density at radius 3 is 2.67 bits per heavy atom. The van der Waals surface area contributed by atoms with Crippen molar-refractivity contribution in [2.75, 3.05) is 4.90 Å². The van der Waals surface area contributed by atoms with Crippen molar-refractivity contribution in [3.8, 4) is 22.2 Å². The number of carbonyl (C=O) groups is 1. The normalized spacial score (nSPS) is 13.3. The number of carbonyl (C=O) groups excluding carboxylic acids is 1. The molecule has 0 spiro atoms. The van der Waals surface area contributed by atoms with Gasteiger partial charge >= 0.3 is 0 Å². The summed E-state index contributed by atoms with van der Waals surface area (Å²) in [5.74, 6) is 1.10. The number of aromatic nitrogens is 2. The van der Waals surface area contributed by atoms with Crippen LogP contribution in [0.25, 0.3) is 22.2 Å². The van der Waals surface area contributed by atoms with Crippen molar-refractivity contribution < 1.29 is 9.32 Å². The minimum Gasteiger partial charge on any atom is -0.333 e. The first-order chi connectivity index (χ1) is 14.5. The first-order valence-electron chi connectivity index (χ1n) is 9.66. The fourth-order valence-electron chi connectivity index (χ4n) is 3.56. The van der Waals surface area contributed by atoms with Gasteiger partial charge in [0.05, 0.1) is 16.1 Å². The molecule has 1 aliphatic heterocycles. The maximum absolute atomic E-state index is 13.2. The van der Waals surface area contributed by atoms with Crippen LogP contribution in [-0.4, -0.2) is 22.1 Å². The molecule has 0 N–H and O–H groups in total. The van der Waals surface area contributed by atoms with E-state index in [0.717, 1.165) is 37.0 Å². The van der Waals surface area contributed by atoms with E-state index in [1.54, 1.807) is 23.1 Å². The number of fused-ring (bicyclic) bond motifs is 2. The van der Waals surface area contributed by atoms with E-state index in [1.807, 2.05) is 79.6 Å². The number of rotatable bonds is 3. The average molecular weight is 434 g/mol. The smallest absolute Gasteiger partial charge is 0.268 e. The first-order valence-corrected chi connectivity index (χ1v) is 11.4. The minimum absolute atomic E-state index is 0.0228. The number of anilines is 1. The highest BCUT2D eigenvalue weighted by atomic mass is 32.2. The Labute approximate surface area is 182 Å². The van der Waals surface area contributed by atoms with Gasteiger partial charge in [-0.2, -0.15) is 4.98 Å². The van der Waals surface area contributed by atoms with Gasteiger partial charge in [0.2, 0.25) is 5.82 Å². The Hall–Kier alpha value is -2.90. The predicted molar refractivity (Wildman–Crippen MR) is 120 cm³/mol. The Balaban J connectivity index is 1.60. The Morgan fingerprint density at radius 1 is 1.07 bits per heavy atom. The van der Waals surface area contributed by atoms with Crippen molar-refractivity contribution in [1.82, 2.24) is 10.1 Å². The summed E-state index contributed by atoms with van der Waals surface area (Å²) in [4.78, 5) is 22.6. The number of hydrogen-bond donors (Lipinski definition) is 0. The number of amides is 1. The topological polar surface area (TPSA) is 59.2 Å².